The molecule has 230 valence electrons. The van der Waals surface area contributed by atoms with E-state index in [1.165, 1.54) is 29.5 Å². The number of rotatable bonds is 10. The number of hydrogen-bond acceptors (Lipinski definition) is 16. The molecule has 3 aromatic heterocycles. The maximum Gasteiger partial charge on any atom is 0.472 e. The molecule has 2 unspecified atom stereocenters. The van der Waals surface area contributed by atoms with Gasteiger partial charge in [0, 0.05) is 12.6 Å². The van der Waals surface area contributed by atoms with E-state index in [4.69, 9.17) is 39.8 Å². The molecular formula is C19H26N8O13P2. The number of hydrogen-bond donors (Lipinski definition) is 7. The number of aliphatic hydroxyl groups is 2. The van der Waals surface area contributed by atoms with E-state index in [9.17, 15) is 29.0 Å². The highest BCUT2D eigenvalue weighted by Crippen LogP contribution is 2.49. The Balaban J connectivity index is 1.26. The van der Waals surface area contributed by atoms with Crippen LogP contribution in [0, 0.1) is 0 Å². The van der Waals surface area contributed by atoms with Gasteiger partial charge in [0.25, 0.3) is 0 Å². The summed E-state index contributed by atoms with van der Waals surface area (Å²) in [5, 5.41) is 21.1. The number of aliphatic hydroxyl groups excluding tert-OH is 2. The summed E-state index contributed by atoms with van der Waals surface area (Å²) in [5.41, 5.74) is 10.9. The SMILES string of the molecule is Nc1ccn([C@H]2C[C@H](OP(=O)(O)OCC3O[C@@H](n4cnc5c(N)ncnc54)[C@H](O)[C@@H]3O)[C@@H](COP(=O)(O)O)O2)c(=O)n1. The molecule has 21 nitrogen and oxygen atoms in total. The van der Waals surface area contributed by atoms with Gasteiger partial charge in [0.2, 0.25) is 0 Å². The van der Waals surface area contributed by atoms with E-state index in [1.54, 1.807) is 0 Å². The monoisotopic (exact) mass is 636 g/mol. The van der Waals surface area contributed by atoms with Crippen LogP contribution >= 0.6 is 15.6 Å². The van der Waals surface area contributed by atoms with Gasteiger partial charge in [-0.05, 0) is 6.07 Å². The molecule has 0 amide bonds. The summed E-state index contributed by atoms with van der Waals surface area (Å²) in [6, 6.07) is 1.29. The molecule has 2 aliphatic heterocycles. The van der Waals surface area contributed by atoms with Crippen LogP contribution in [0.1, 0.15) is 18.9 Å². The number of phosphoric ester groups is 2. The first kappa shape index (κ1) is 30.5. The van der Waals surface area contributed by atoms with Crippen molar-refractivity contribution in [3.63, 3.8) is 0 Å². The van der Waals surface area contributed by atoms with Crippen molar-refractivity contribution < 1.29 is 57.1 Å². The largest absolute Gasteiger partial charge is 0.472 e. The molecule has 5 heterocycles. The summed E-state index contributed by atoms with van der Waals surface area (Å²) in [5.74, 6) is 0.00388. The lowest BCUT2D eigenvalue weighted by Gasteiger charge is -2.22. The second-order valence-corrected chi connectivity index (χ2v) is 11.9. The van der Waals surface area contributed by atoms with E-state index < -0.39 is 77.5 Å². The molecule has 0 saturated carbocycles. The number of nitrogen functional groups attached to an aromatic ring is 2. The van der Waals surface area contributed by atoms with E-state index in [1.807, 2.05) is 0 Å². The molecule has 23 heteroatoms. The molecule has 0 aromatic carbocycles. The van der Waals surface area contributed by atoms with Crippen LogP contribution in [0.2, 0.25) is 0 Å². The van der Waals surface area contributed by atoms with Crippen molar-refractivity contribution in [3.8, 4) is 0 Å². The van der Waals surface area contributed by atoms with Gasteiger partial charge in [0.15, 0.2) is 17.7 Å². The van der Waals surface area contributed by atoms with Crippen LogP contribution in [0.5, 0.6) is 0 Å². The Hall–Kier alpha value is -2.91. The number of imidazole rings is 1. The predicted molar refractivity (Wildman–Crippen MR) is 136 cm³/mol. The number of fused-ring (bicyclic) bond motifs is 1. The van der Waals surface area contributed by atoms with Gasteiger partial charge in [-0.15, -0.1) is 0 Å². The highest BCUT2D eigenvalue weighted by atomic mass is 31.2. The maximum absolute atomic E-state index is 12.9. The molecule has 2 aliphatic rings. The number of phosphoric acid groups is 2. The Labute approximate surface area is 234 Å². The third-order valence-corrected chi connectivity index (χ3v) is 7.92. The van der Waals surface area contributed by atoms with Gasteiger partial charge in [-0.2, -0.15) is 4.98 Å². The Morgan fingerprint density at radius 1 is 1.00 bits per heavy atom. The first-order chi connectivity index (χ1) is 19.7. The van der Waals surface area contributed by atoms with Crippen LogP contribution in [0.15, 0.2) is 29.7 Å². The van der Waals surface area contributed by atoms with E-state index in [0.29, 0.717) is 0 Å². The van der Waals surface area contributed by atoms with Crippen LogP contribution in [-0.4, -0.2) is 97.7 Å². The van der Waals surface area contributed by atoms with Gasteiger partial charge in [-0.1, -0.05) is 0 Å². The third-order valence-electron chi connectivity index (χ3n) is 6.42. The van der Waals surface area contributed by atoms with Crippen molar-refractivity contribution in [2.45, 2.75) is 49.4 Å². The van der Waals surface area contributed by atoms with Crippen molar-refractivity contribution in [1.82, 2.24) is 29.1 Å². The number of ether oxygens (including phenoxy) is 2. The molecule has 2 saturated heterocycles. The van der Waals surface area contributed by atoms with Crippen LogP contribution < -0.4 is 17.2 Å². The molecule has 2 fully saturated rings. The van der Waals surface area contributed by atoms with E-state index in [0.717, 1.165) is 4.57 Å². The van der Waals surface area contributed by atoms with Crippen LogP contribution in [0.3, 0.4) is 0 Å². The average molecular weight is 636 g/mol. The molecule has 8 atom stereocenters. The fraction of sp³-hybridized carbons (Fsp3) is 0.526. The second kappa shape index (κ2) is 11.6. The molecule has 0 aliphatic carbocycles. The zero-order valence-corrected chi connectivity index (χ0v) is 23.0. The summed E-state index contributed by atoms with van der Waals surface area (Å²) < 4.78 is 52.3. The highest BCUT2D eigenvalue weighted by Gasteiger charge is 2.47. The molecular weight excluding hydrogens is 610 g/mol. The summed E-state index contributed by atoms with van der Waals surface area (Å²) in [7, 11) is -9.96. The highest BCUT2D eigenvalue weighted by molar-refractivity contribution is 7.47. The first-order valence-electron chi connectivity index (χ1n) is 12.0. The van der Waals surface area contributed by atoms with Crippen LogP contribution in [-0.2, 0) is 32.2 Å². The van der Waals surface area contributed by atoms with E-state index in [2.05, 4.69) is 24.5 Å². The molecule has 3 aromatic rings. The minimum atomic E-state index is -4.99. The molecule has 9 N–H and O–H groups in total. The quantitative estimate of drug-likeness (QED) is 0.116. The Morgan fingerprint density at radius 3 is 2.45 bits per heavy atom. The summed E-state index contributed by atoms with van der Waals surface area (Å²) >= 11 is 0. The van der Waals surface area contributed by atoms with Gasteiger partial charge in [0.05, 0.1) is 19.5 Å². The molecule has 42 heavy (non-hydrogen) atoms. The zero-order valence-electron chi connectivity index (χ0n) is 21.2. The summed E-state index contributed by atoms with van der Waals surface area (Å²) in [6.07, 6.45) is -6.12. The number of nitrogens with zero attached hydrogens (tertiary/aromatic N) is 6. The number of nitrogens with two attached hydrogens (primary N) is 2. The average Bonchev–Trinajstić information content (AvgIpc) is 3.58. The third kappa shape index (κ3) is 6.52. The van der Waals surface area contributed by atoms with Crippen LogP contribution in [0.4, 0.5) is 11.6 Å². The lowest BCUT2D eigenvalue weighted by atomic mass is 10.1. The predicted octanol–water partition coefficient (Wildman–Crippen LogP) is -2.23. The van der Waals surface area contributed by atoms with Gasteiger partial charge >= 0.3 is 21.3 Å². The smallest absolute Gasteiger partial charge is 0.387 e. The minimum Gasteiger partial charge on any atom is -0.387 e. The van der Waals surface area contributed by atoms with E-state index in [-0.39, 0.29) is 29.2 Å². The van der Waals surface area contributed by atoms with Crippen LogP contribution in [0.25, 0.3) is 11.2 Å². The standard InChI is InChI=1S/C19H26N8O13P2/c20-11-1-2-26(19(30)25-11)12-3-8(9(38-12)4-36-41(31,32)33)40-42(34,35)37-5-10-14(28)15(29)18(39-10)27-7-24-13-16(21)22-6-23-17(13)27/h1-2,6-10,12,14-15,18,28-29H,3-5H2,(H,34,35)(H2,20,25,30)(H2,21,22,23)(H2,31,32,33)/t8-,9+,10?,12+,14+,15+,18+/m0/s1. The van der Waals surface area contributed by atoms with Gasteiger partial charge < -0.3 is 45.8 Å². The van der Waals surface area contributed by atoms with Crippen molar-refractivity contribution in [2.24, 2.45) is 0 Å². The Morgan fingerprint density at radius 2 is 1.74 bits per heavy atom. The molecule has 0 bridgehead atoms. The molecule has 5 rings (SSSR count). The van der Waals surface area contributed by atoms with Gasteiger partial charge in [-0.25, -0.2) is 28.9 Å². The number of anilines is 2. The minimum absolute atomic E-state index is 0.0704. The van der Waals surface area contributed by atoms with Crippen molar-refractivity contribution >= 4 is 38.4 Å². The first-order valence-corrected chi connectivity index (χ1v) is 15.1. The zero-order chi connectivity index (χ0) is 30.4. The fourth-order valence-corrected chi connectivity index (χ4v) is 5.77. The summed E-state index contributed by atoms with van der Waals surface area (Å²) in [4.78, 5) is 56.3. The van der Waals surface area contributed by atoms with Crippen molar-refractivity contribution in [3.05, 3.63) is 35.4 Å². The molecule has 0 spiro atoms. The normalized spacial score (nSPS) is 29.7. The number of aromatic nitrogens is 6. The maximum atomic E-state index is 12.9. The molecule has 0 radical (unpaired) electrons. The Kier molecular flexibility index (Phi) is 8.47. The topological polar surface area (TPSA) is 312 Å². The van der Waals surface area contributed by atoms with Crippen molar-refractivity contribution in [2.75, 3.05) is 24.7 Å². The van der Waals surface area contributed by atoms with E-state index >= 15 is 0 Å². The lowest BCUT2D eigenvalue weighted by molar-refractivity contribution is -0.0588. The Bertz CT molecular complexity index is 1600. The lowest BCUT2D eigenvalue weighted by Crippen LogP contribution is -2.34. The van der Waals surface area contributed by atoms with Crippen molar-refractivity contribution in [1.29, 1.82) is 0 Å². The van der Waals surface area contributed by atoms with Gasteiger partial charge in [-0.3, -0.25) is 22.7 Å². The summed E-state index contributed by atoms with van der Waals surface area (Å²) in [6.45, 7) is -1.53. The second-order valence-electron chi connectivity index (χ2n) is 9.23. The fourth-order valence-electron chi connectivity index (χ4n) is 4.47. The van der Waals surface area contributed by atoms with Gasteiger partial charge in [0.1, 0.15) is 54.4 Å².